The predicted molar refractivity (Wildman–Crippen MR) is 94.1 cm³/mol. The summed E-state index contributed by atoms with van der Waals surface area (Å²) >= 11 is 0. The second kappa shape index (κ2) is 10.2. The van der Waals surface area contributed by atoms with Gasteiger partial charge in [0.25, 0.3) is 0 Å². The maximum Gasteiger partial charge on any atom is 0.456 e. The molecule has 10 atom stereocenters. The van der Waals surface area contributed by atoms with Crippen LogP contribution in [0.25, 0.3) is 0 Å². The monoisotopic (exact) mass is 570 g/mol. The van der Waals surface area contributed by atoms with Gasteiger partial charge in [0.05, 0.1) is 23.9 Å². The van der Waals surface area contributed by atoms with Crippen LogP contribution in [0, 0.1) is 10.8 Å². The maximum atomic E-state index is 17.0. The van der Waals surface area contributed by atoms with Crippen molar-refractivity contribution in [1.29, 1.82) is 0 Å². The first-order valence-electron chi connectivity index (χ1n) is 10.2. The Labute approximate surface area is 198 Å². The summed E-state index contributed by atoms with van der Waals surface area (Å²) in [5, 5.41) is 0. The lowest BCUT2D eigenvalue weighted by Crippen LogP contribution is -2.80. The van der Waals surface area contributed by atoms with Gasteiger partial charge in [0, 0.05) is 0 Å². The fraction of sp³-hybridized carbons (Fsp3) is 0.895. The summed E-state index contributed by atoms with van der Waals surface area (Å²) in [5.74, 6) is -7.23. The first-order chi connectivity index (χ1) is 16.8. The van der Waals surface area contributed by atoms with E-state index in [2.05, 4.69) is 9.98 Å². The van der Waals surface area contributed by atoms with Gasteiger partial charge in [0.1, 0.15) is 24.7 Å². The molecule has 2 aliphatic carbocycles. The van der Waals surface area contributed by atoms with Crippen molar-refractivity contribution >= 4 is 12.2 Å². The van der Waals surface area contributed by atoms with Gasteiger partial charge >= 0.3 is 12.1 Å². The molecule has 37 heavy (non-hydrogen) atoms. The lowest BCUT2D eigenvalue weighted by molar-refractivity contribution is -0.391. The number of carbonyl (C=O) groups excluding carboxylic acids is 2. The van der Waals surface area contributed by atoms with Gasteiger partial charge in [-0.3, -0.25) is 0 Å². The molecule has 2 saturated carbocycles. The minimum Gasteiger partial charge on any atom is -0.244 e. The van der Waals surface area contributed by atoms with Crippen molar-refractivity contribution in [3.05, 3.63) is 0 Å². The summed E-state index contributed by atoms with van der Waals surface area (Å²) in [6.07, 6.45) is -42.5. The van der Waals surface area contributed by atoms with E-state index in [0.717, 1.165) is 0 Å². The van der Waals surface area contributed by atoms with Gasteiger partial charge in [-0.05, 0) is 12.8 Å². The highest BCUT2D eigenvalue weighted by Crippen LogP contribution is 2.69. The molecule has 4 nitrogen and oxygen atoms in total. The van der Waals surface area contributed by atoms with Crippen LogP contribution in [0.15, 0.2) is 9.98 Å². The molecule has 0 aromatic heterocycles. The fourth-order valence-electron chi connectivity index (χ4n) is 5.32. The van der Waals surface area contributed by atoms with Gasteiger partial charge in [-0.1, -0.05) is 0 Å². The molecule has 0 spiro atoms. The molecule has 212 valence electrons. The number of hydrogen-bond acceptors (Lipinski definition) is 4. The van der Waals surface area contributed by atoms with Crippen molar-refractivity contribution in [2.75, 3.05) is 13.1 Å². The number of halogens is 14. The zero-order valence-electron chi connectivity index (χ0n) is 17.9. The van der Waals surface area contributed by atoms with Crippen molar-refractivity contribution < 1.29 is 71.1 Å². The number of isocyanates is 2. The summed E-state index contributed by atoms with van der Waals surface area (Å²) in [6, 6.07) is 0. The van der Waals surface area contributed by atoms with Gasteiger partial charge in [-0.15, -0.1) is 0 Å². The Morgan fingerprint density at radius 3 is 1.22 bits per heavy atom. The average molecular weight is 570 g/mol. The number of hydrogen-bond donors (Lipinski definition) is 0. The van der Waals surface area contributed by atoms with E-state index >= 15 is 22.0 Å². The molecule has 0 heterocycles. The Morgan fingerprint density at radius 1 is 0.622 bits per heavy atom. The third-order valence-electron chi connectivity index (χ3n) is 7.05. The van der Waals surface area contributed by atoms with Crippen molar-refractivity contribution in [3.63, 3.8) is 0 Å². The maximum absolute atomic E-state index is 17.0. The van der Waals surface area contributed by atoms with Crippen LogP contribution in [-0.4, -0.2) is 92.4 Å². The van der Waals surface area contributed by atoms with Crippen LogP contribution >= 0.6 is 0 Å². The van der Waals surface area contributed by atoms with Crippen molar-refractivity contribution in [2.45, 2.75) is 80.0 Å². The Kier molecular flexibility index (Phi) is 8.51. The molecular formula is C19H16F14N2O2. The highest BCUT2D eigenvalue weighted by molar-refractivity contribution is 5.36. The molecule has 0 amide bonds. The van der Waals surface area contributed by atoms with E-state index in [1.165, 1.54) is 0 Å². The quantitative estimate of drug-likeness (QED) is 0.245. The summed E-state index contributed by atoms with van der Waals surface area (Å²) in [4.78, 5) is 26.1. The van der Waals surface area contributed by atoms with E-state index in [0.29, 0.717) is 12.2 Å². The second-order valence-corrected chi connectivity index (χ2v) is 8.88. The number of aliphatic imine (C=N–C) groups is 2. The first kappa shape index (κ1) is 31.0. The SMILES string of the molecule is O=C=NCC1(C(F)(C2(CN=C=O)CC(F)C(F)C(F)C2F)C(F)(F)C(F)(F)F)CC(F)C(F)C(F)C1F. The molecule has 0 radical (unpaired) electrons. The lowest BCUT2D eigenvalue weighted by Gasteiger charge is -2.61. The molecule has 18 heteroatoms. The number of nitrogens with zero attached hydrogens (tertiary/aromatic N) is 2. The number of alkyl halides is 14. The highest BCUT2D eigenvalue weighted by Gasteiger charge is 2.88. The molecular weight excluding hydrogens is 554 g/mol. The van der Waals surface area contributed by atoms with E-state index in [1.54, 1.807) is 0 Å². The molecule has 2 rings (SSSR count). The van der Waals surface area contributed by atoms with E-state index in [9.17, 15) is 49.1 Å². The van der Waals surface area contributed by atoms with Crippen molar-refractivity contribution in [3.8, 4) is 0 Å². The summed E-state index contributed by atoms with van der Waals surface area (Å²) in [7, 11) is 0. The smallest absolute Gasteiger partial charge is 0.244 e. The lowest BCUT2D eigenvalue weighted by atomic mass is 9.47. The molecule has 10 unspecified atom stereocenters. The molecule has 0 aromatic carbocycles. The van der Waals surface area contributed by atoms with E-state index in [4.69, 9.17) is 0 Å². The van der Waals surface area contributed by atoms with Gasteiger partial charge in [0.15, 0.2) is 24.7 Å². The number of rotatable bonds is 7. The van der Waals surface area contributed by atoms with Gasteiger partial charge < -0.3 is 0 Å². The van der Waals surface area contributed by atoms with Crippen LogP contribution in [0.3, 0.4) is 0 Å². The molecule has 2 aliphatic rings. The van der Waals surface area contributed by atoms with Gasteiger partial charge in [-0.2, -0.15) is 22.0 Å². The topological polar surface area (TPSA) is 58.9 Å². The van der Waals surface area contributed by atoms with E-state index in [-0.39, 0.29) is 0 Å². The molecule has 0 saturated heterocycles. The third-order valence-corrected chi connectivity index (χ3v) is 7.05. The van der Waals surface area contributed by atoms with E-state index in [1.807, 2.05) is 0 Å². The Hall–Kier alpha value is -2.22. The molecule has 2 fully saturated rings. The zero-order valence-corrected chi connectivity index (χ0v) is 17.9. The Balaban J connectivity index is 3.16. The van der Waals surface area contributed by atoms with Crippen molar-refractivity contribution in [1.82, 2.24) is 0 Å². The summed E-state index contributed by atoms with van der Waals surface area (Å²) in [5.41, 5.74) is -15.8. The molecule has 0 aliphatic heterocycles. The second-order valence-electron chi connectivity index (χ2n) is 8.88. The van der Waals surface area contributed by atoms with E-state index < -0.39 is 104 Å². The standard InChI is InChI=1S/C19H16F14N2O2/c20-7-1-15(3-34-5-36,13(26)11(24)9(7)22)17(28,18(29,30)19(31,32)33)16(4-35-6-37)2-8(21)10(23)12(25)14(16)27/h7-14H,1-4H2. The fourth-order valence-corrected chi connectivity index (χ4v) is 5.32. The first-order valence-corrected chi connectivity index (χ1v) is 10.2. The average Bonchev–Trinajstić information content (AvgIpc) is 2.83. The van der Waals surface area contributed by atoms with Crippen LogP contribution in [0.2, 0.25) is 0 Å². The predicted octanol–water partition coefficient (Wildman–Crippen LogP) is 5.05. The third kappa shape index (κ3) is 4.23. The minimum absolute atomic E-state index is 0.447. The normalized spacial score (nSPS) is 42.8. The highest BCUT2D eigenvalue weighted by atomic mass is 19.4. The molecule has 0 bridgehead atoms. The molecule has 0 N–H and O–H groups in total. The van der Waals surface area contributed by atoms with Crippen LogP contribution in [0.1, 0.15) is 12.8 Å². The van der Waals surface area contributed by atoms with Gasteiger partial charge in [0.2, 0.25) is 17.8 Å². The van der Waals surface area contributed by atoms with Crippen LogP contribution in [0.4, 0.5) is 61.5 Å². The summed E-state index contributed by atoms with van der Waals surface area (Å²) < 4.78 is 204. The van der Waals surface area contributed by atoms with Crippen LogP contribution in [0.5, 0.6) is 0 Å². The largest absolute Gasteiger partial charge is 0.456 e. The zero-order chi connectivity index (χ0) is 28.8. The molecule has 0 aromatic rings. The minimum atomic E-state index is -7.26. The van der Waals surface area contributed by atoms with Crippen LogP contribution < -0.4 is 0 Å². The Bertz CT molecular complexity index is 880. The summed E-state index contributed by atoms with van der Waals surface area (Å²) in [6.45, 7) is -4.81. The van der Waals surface area contributed by atoms with Crippen molar-refractivity contribution in [2.24, 2.45) is 20.8 Å². The Morgan fingerprint density at radius 2 is 0.946 bits per heavy atom. The van der Waals surface area contributed by atoms with Crippen LogP contribution in [-0.2, 0) is 9.59 Å². The van der Waals surface area contributed by atoms with Gasteiger partial charge in [-0.25, -0.2) is 59.1 Å².